The van der Waals surface area contributed by atoms with E-state index in [9.17, 15) is 0 Å². The highest BCUT2D eigenvalue weighted by Gasteiger charge is 2.14. The van der Waals surface area contributed by atoms with Crippen molar-refractivity contribution in [3.8, 4) is 5.69 Å². The molecule has 3 heteroatoms. The van der Waals surface area contributed by atoms with Gasteiger partial charge in [-0.2, -0.15) is 5.10 Å². The minimum Gasteiger partial charge on any atom is -0.308 e. The zero-order valence-corrected chi connectivity index (χ0v) is 12.1. The fraction of sp³-hybridized carbons (Fsp3) is 0.438. The molecule has 0 spiro atoms. The molecule has 0 atom stereocenters. The maximum absolute atomic E-state index is 4.23. The summed E-state index contributed by atoms with van der Waals surface area (Å²) in [4.78, 5) is 0. The molecule has 0 fully saturated rings. The first-order valence-electron chi connectivity index (χ1n) is 6.95. The van der Waals surface area contributed by atoms with Gasteiger partial charge >= 0.3 is 0 Å². The van der Waals surface area contributed by atoms with E-state index in [0.717, 1.165) is 12.2 Å². The van der Waals surface area contributed by atoms with Crippen molar-refractivity contribution in [2.24, 2.45) is 0 Å². The van der Waals surface area contributed by atoms with Crippen LogP contribution in [0.5, 0.6) is 0 Å². The minimum absolute atomic E-state index is 0.204. The molecule has 1 aromatic carbocycles. The van der Waals surface area contributed by atoms with Gasteiger partial charge in [-0.25, -0.2) is 4.68 Å². The van der Waals surface area contributed by atoms with Gasteiger partial charge in [-0.1, -0.05) is 25.5 Å². The number of nitrogens with one attached hydrogen (secondary N) is 1. The van der Waals surface area contributed by atoms with E-state index in [1.54, 1.807) is 6.20 Å². The standard InChI is InChI=1S/C16H23N3/c1-4-10-16(2,3)17-13-14-6-8-15(9-7-14)19-12-5-11-18-19/h5-9,11-12,17H,4,10,13H2,1-3H3. The van der Waals surface area contributed by atoms with Crippen molar-refractivity contribution in [1.29, 1.82) is 0 Å². The third kappa shape index (κ3) is 3.93. The quantitative estimate of drug-likeness (QED) is 0.857. The first kappa shape index (κ1) is 13.8. The molecule has 1 N–H and O–H groups in total. The number of hydrogen-bond acceptors (Lipinski definition) is 2. The van der Waals surface area contributed by atoms with Crippen molar-refractivity contribution in [3.63, 3.8) is 0 Å². The Bertz CT molecular complexity index is 483. The van der Waals surface area contributed by atoms with E-state index in [4.69, 9.17) is 0 Å². The molecule has 2 aromatic rings. The summed E-state index contributed by atoms with van der Waals surface area (Å²) in [6.07, 6.45) is 6.15. The topological polar surface area (TPSA) is 29.9 Å². The lowest BCUT2D eigenvalue weighted by molar-refractivity contribution is 0.357. The molecule has 1 heterocycles. The molecule has 3 nitrogen and oxygen atoms in total. The Morgan fingerprint density at radius 1 is 1.21 bits per heavy atom. The molecule has 0 saturated carbocycles. The number of aromatic nitrogens is 2. The smallest absolute Gasteiger partial charge is 0.0645 e. The molecular formula is C16H23N3. The fourth-order valence-corrected chi connectivity index (χ4v) is 2.24. The SMILES string of the molecule is CCCC(C)(C)NCc1ccc(-n2cccn2)cc1. The molecule has 2 rings (SSSR count). The number of benzene rings is 1. The van der Waals surface area contributed by atoms with E-state index in [1.165, 1.54) is 18.4 Å². The van der Waals surface area contributed by atoms with Gasteiger partial charge in [0.15, 0.2) is 0 Å². The van der Waals surface area contributed by atoms with Crippen LogP contribution in [0.1, 0.15) is 39.2 Å². The van der Waals surface area contributed by atoms with Gasteiger partial charge in [-0.05, 0) is 44.0 Å². The monoisotopic (exact) mass is 257 g/mol. The highest BCUT2D eigenvalue weighted by molar-refractivity contribution is 5.33. The van der Waals surface area contributed by atoms with E-state index in [0.29, 0.717) is 0 Å². The third-order valence-corrected chi connectivity index (χ3v) is 3.35. The van der Waals surface area contributed by atoms with Crippen LogP contribution in [0.3, 0.4) is 0 Å². The number of nitrogens with zero attached hydrogens (tertiary/aromatic N) is 2. The zero-order valence-electron chi connectivity index (χ0n) is 12.1. The van der Waals surface area contributed by atoms with Crippen LogP contribution in [-0.4, -0.2) is 15.3 Å². The van der Waals surface area contributed by atoms with Crippen LogP contribution in [0.15, 0.2) is 42.7 Å². The molecule has 0 aliphatic carbocycles. The third-order valence-electron chi connectivity index (χ3n) is 3.35. The first-order valence-corrected chi connectivity index (χ1v) is 6.95. The van der Waals surface area contributed by atoms with Crippen LogP contribution in [0.4, 0.5) is 0 Å². The second-order valence-electron chi connectivity index (χ2n) is 5.60. The average Bonchev–Trinajstić information content (AvgIpc) is 2.91. The van der Waals surface area contributed by atoms with Crippen molar-refractivity contribution < 1.29 is 0 Å². The van der Waals surface area contributed by atoms with Crippen LogP contribution in [0.25, 0.3) is 5.69 Å². The summed E-state index contributed by atoms with van der Waals surface area (Å²) >= 11 is 0. The Kier molecular flexibility index (Phi) is 4.38. The van der Waals surface area contributed by atoms with Gasteiger partial charge in [0, 0.05) is 24.5 Å². The molecule has 0 amide bonds. The summed E-state index contributed by atoms with van der Waals surface area (Å²) in [5, 5.41) is 7.83. The lowest BCUT2D eigenvalue weighted by Gasteiger charge is -2.26. The van der Waals surface area contributed by atoms with Crippen molar-refractivity contribution in [2.75, 3.05) is 0 Å². The number of rotatable bonds is 6. The molecular weight excluding hydrogens is 234 g/mol. The van der Waals surface area contributed by atoms with Crippen LogP contribution < -0.4 is 5.32 Å². The van der Waals surface area contributed by atoms with Gasteiger partial charge < -0.3 is 5.32 Å². The van der Waals surface area contributed by atoms with Crippen molar-refractivity contribution in [1.82, 2.24) is 15.1 Å². The van der Waals surface area contributed by atoms with Crippen LogP contribution in [0.2, 0.25) is 0 Å². The van der Waals surface area contributed by atoms with E-state index >= 15 is 0 Å². The molecule has 0 aliphatic rings. The van der Waals surface area contributed by atoms with Crippen LogP contribution >= 0.6 is 0 Å². The predicted molar refractivity (Wildman–Crippen MR) is 79.4 cm³/mol. The minimum atomic E-state index is 0.204. The normalized spacial score (nSPS) is 11.7. The molecule has 19 heavy (non-hydrogen) atoms. The molecule has 0 radical (unpaired) electrons. The van der Waals surface area contributed by atoms with Gasteiger partial charge in [0.2, 0.25) is 0 Å². The molecule has 1 aromatic heterocycles. The molecule has 102 valence electrons. The van der Waals surface area contributed by atoms with Gasteiger partial charge in [-0.15, -0.1) is 0 Å². The van der Waals surface area contributed by atoms with E-state index in [1.807, 2.05) is 16.9 Å². The summed E-state index contributed by atoms with van der Waals surface area (Å²) in [6.45, 7) is 7.65. The maximum atomic E-state index is 4.23. The lowest BCUT2D eigenvalue weighted by atomic mass is 9.98. The van der Waals surface area contributed by atoms with Gasteiger partial charge in [-0.3, -0.25) is 0 Å². The second kappa shape index (κ2) is 6.02. The fourth-order valence-electron chi connectivity index (χ4n) is 2.24. The highest BCUT2D eigenvalue weighted by atomic mass is 15.3. The Labute approximate surface area is 115 Å². The second-order valence-corrected chi connectivity index (χ2v) is 5.60. The predicted octanol–water partition coefficient (Wildman–Crippen LogP) is 3.54. The van der Waals surface area contributed by atoms with Gasteiger partial charge in [0.25, 0.3) is 0 Å². The Balaban J connectivity index is 1.96. The number of hydrogen-bond donors (Lipinski definition) is 1. The van der Waals surface area contributed by atoms with Gasteiger partial charge in [0.1, 0.15) is 0 Å². The van der Waals surface area contributed by atoms with E-state index in [2.05, 4.69) is 55.5 Å². The Morgan fingerprint density at radius 2 is 1.95 bits per heavy atom. The largest absolute Gasteiger partial charge is 0.308 e. The Hall–Kier alpha value is -1.61. The highest BCUT2D eigenvalue weighted by Crippen LogP contribution is 2.13. The first-order chi connectivity index (χ1) is 9.11. The van der Waals surface area contributed by atoms with Crippen LogP contribution in [-0.2, 0) is 6.54 Å². The summed E-state index contributed by atoms with van der Waals surface area (Å²) in [5.74, 6) is 0. The average molecular weight is 257 g/mol. The van der Waals surface area contributed by atoms with Crippen molar-refractivity contribution >= 4 is 0 Å². The summed E-state index contributed by atoms with van der Waals surface area (Å²) in [7, 11) is 0. The molecule has 0 bridgehead atoms. The summed E-state index contributed by atoms with van der Waals surface area (Å²) in [5.41, 5.74) is 2.61. The van der Waals surface area contributed by atoms with Crippen molar-refractivity contribution in [2.45, 2.75) is 45.7 Å². The lowest BCUT2D eigenvalue weighted by Crippen LogP contribution is -2.38. The molecule has 0 saturated heterocycles. The van der Waals surface area contributed by atoms with Gasteiger partial charge in [0.05, 0.1) is 5.69 Å². The zero-order chi connectivity index (χ0) is 13.7. The van der Waals surface area contributed by atoms with E-state index < -0.39 is 0 Å². The maximum Gasteiger partial charge on any atom is 0.0645 e. The van der Waals surface area contributed by atoms with Crippen molar-refractivity contribution in [3.05, 3.63) is 48.3 Å². The molecule has 0 aliphatic heterocycles. The Morgan fingerprint density at radius 3 is 2.53 bits per heavy atom. The summed E-state index contributed by atoms with van der Waals surface area (Å²) < 4.78 is 1.87. The van der Waals surface area contributed by atoms with Crippen LogP contribution in [0, 0.1) is 0 Å². The summed E-state index contributed by atoms with van der Waals surface area (Å²) in [6, 6.07) is 10.5. The van der Waals surface area contributed by atoms with E-state index in [-0.39, 0.29) is 5.54 Å². The molecule has 0 unspecified atom stereocenters.